The minimum atomic E-state index is 1.05. The number of benzene rings is 1. The predicted octanol–water partition coefficient (Wildman–Crippen LogP) is 4.82. The van der Waals surface area contributed by atoms with Crippen LogP contribution in [0, 0.1) is 0 Å². The van der Waals surface area contributed by atoms with Crippen LogP contribution in [0.15, 0.2) is 33.8 Å². The van der Waals surface area contributed by atoms with Crippen molar-refractivity contribution in [3.63, 3.8) is 0 Å². The zero-order valence-corrected chi connectivity index (χ0v) is 11.7. The van der Waals surface area contributed by atoms with E-state index in [1.807, 2.05) is 6.20 Å². The van der Waals surface area contributed by atoms with E-state index in [2.05, 4.69) is 43.4 Å². The van der Waals surface area contributed by atoms with E-state index in [1.54, 1.807) is 29.0 Å². The van der Waals surface area contributed by atoms with Gasteiger partial charge in [0.05, 0.1) is 14.0 Å². The lowest BCUT2D eigenvalue weighted by molar-refractivity contribution is 1.23. The summed E-state index contributed by atoms with van der Waals surface area (Å²) < 4.78 is 3.71. The van der Waals surface area contributed by atoms with Crippen LogP contribution in [-0.2, 0) is 0 Å². The molecule has 82 valence electrons. The van der Waals surface area contributed by atoms with Crippen LogP contribution in [0.3, 0.4) is 0 Å². The van der Waals surface area contributed by atoms with Crippen LogP contribution in [-0.4, -0.2) is 9.97 Å². The van der Waals surface area contributed by atoms with Crippen LogP contribution in [0.1, 0.15) is 0 Å². The molecule has 17 heavy (non-hydrogen) atoms. The molecule has 0 bridgehead atoms. The number of rotatable bonds is 0. The van der Waals surface area contributed by atoms with Gasteiger partial charge >= 0.3 is 0 Å². The van der Waals surface area contributed by atoms with Gasteiger partial charge in [0.2, 0.25) is 0 Å². The molecule has 0 N–H and O–H groups in total. The molecule has 3 aromatic heterocycles. The minimum Gasteiger partial charge on any atom is -0.244 e. The Kier molecular flexibility index (Phi) is 2.03. The molecular formula is C12H5BrN2S2. The lowest BCUT2D eigenvalue weighted by Crippen LogP contribution is -1.81. The second-order valence-electron chi connectivity index (χ2n) is 3.74. The molecule has 2 nitrogen and oxygen atoms in total. The number of hydrogen-bond donors (Lipinski definition) is 0. The Hall–Kier alpha value is -1.04. The highest BCUT2D eigenvalue weighted by Crippen LogP contribution is 2.41. The SMILES string of the molecule is Brc1cc2c3sccc3c3cncnc3c2s1. The second kappa shape index (κ2) is 3.48. The molecule has 0 saturated carbocycles. The molecule has 5 heteroatoms. The fraction of sp³-hybridized carbons (Fsp3) is 0. The highest BCUT2D eigenvalue weighted by Gasteiger charge is 2.12. The molecule has 3 heterocycles. The van der Waals surface area contributed by atoms with Crippen molar-refractivity contribution in [1.82, 2.24) is 9.97 Å². The predicted molar refractivity (Wildman–Crippen MR) is 78.0 cm³/mol. The average Bonchev–Trinajstić information content (AvgIpc) is 2.94. The van der Waals surface area contributed by atoms with Crippen molar-refractivity contribution in [2.45, 2.75) is 0 Å². The molecule has 4 rings (SSSR count). The van der Waals surface area contributed by atoms with E-state index in [-0.39, 0.29) is 0 Å². The summed E-state index contributed by atoms with van der Waals surface area (Å²) in [4.78, 5) is 8.58. The highest BCUT2D eigenvalue weighted by molar-refractivity contribution is 9.11. The van der Waals surface area contributed by atoms with Crippen LogP contribution >= 0.6 is 38.6 Å². The molecule has 1 aromatic carbocycles. The normalized spacial score (nSPS) is 11.8. The van der Waals surface area contributed by atoms with Crippen LogP contribution in [0.5, 0.6) is 0 Å². The van der Waals surface area contributed by atoms with Crippen molar-refractivity contribution < 1.29 is 0 Å². The van der Waals surface area contributed by atoms with E-state index < -0.39 is 0 Å². The standard InChI is InChI=1S/C12H5BrN2S2/c13-9-3-7-11-6(1-2-16-11)8-4-14-5-15-10(8)12(7)17-9/h1-5H. The Morgan fingerprint density at radius 3 is 3.00 bits per heavy atom. The molecule has 0 aliphatic carbocycles. The molecule has 0 fully saturated rings. The van der Waals surface area contributed by atoms with Gasteiger partial charge in [-0.1, -0.05) is 0 Å². The molecular weight excluding hydrogens is 316 g/mol. The third-order valence-corrected chi connectivity index (χ3v) is 5.42. The average molecular weight is 321 g/mol. The van der Waals surface area contributed by atoms with E-state index in [0.29, 0.717) is 0 Å². The van der Waals surface area contributed by atoms with Crippen molar-refractivity contribution in [2.24, 2.45) is 0 Å². The summed E-state index contributed by atoms with van der Waals surface area (Å²) in [7, 11) is 0. The number of thiophene rings is 2. The summed E-state index contributed by atoms with van der Waals surface area (Å²) in [6.07, 6.45) is 3.53. The van der Waals surface area contributed by atoms with E-state index in [1.165, 1.54) is 20.2 Å². The van der Waals surface area contributed by atoms with E-state index in [4.69, 9.17) is 0 Å². The first kappa shape index (κ1) is 9.94. The number of nitrogens with zero attached hydrogens (tertiary/aromatic N) is 2. The number of fused-ring (bicyclic) bond motifs is 6. The Morgan fingerprint density at radius 2 is 2.06 bits per heavy atom. The van der Waals surface area contributed by atoms with Crippen molar-refractivity contribution in [3.05, 3.63) is 33.8 Å². The third-order valence-electron chi connectivity index (χ3n) is 2.83. The Balaban J connectivity index is 2.47. The van der Waals surface area contributed by atoms with Gasteiger partial charge in [-0.25, -0.2) is 9.97 Å². The third kappa shape index (κ3) is 1.30. The van der Waals surface area contributed by atoms with E-state index in [0.717, 1.165) is 14.7 Å². The lowest BCUT2D eigenvalue weighted by Gasteiger charge is -2.00. The van der Waals surface area contributed by atoms with Crippen molar-refractivity contribution in [3.8, 4) is 0 Å². The van der Waals surface area contributed by atoms with Crippen molar-refractivity contribution >= 4 is 69.7 Å². The quantitative estimate of drug-likeness (QED) is 0.464. The first-order valence-electron chi connectivity index (χ1n) is 5.02. The lowest BCUT2D eigenvalue weighted by atomic mass is 10.1. The summed E-state index contributed by atoms with van der Waals surface area (Å²) in [5.41, 5.74) is 1.05. The minimum absolute atomic E-state index is 1.05. The zero-order valence-electron chi connectivity index (χ0n) is 8.48. The van der Waals surface area contributed by atoms with Crippen molar-refractivity contribution in [2.75, 3.05) is 0 Å². The van der Waals surface area contributed by atoms with Crippen LogP contribution < -0.4 is 0 Å². The fourth-order valence-corrected chi connectivity index (χ4v) is 4.76. The Morgan fingerprint density at radius 1 is 1.12 bits per heavy atom. The van der Waals surface area contributed by atoms with Gasteiger partial charge in [-0.15, -0.1) is 22.7 Å². The van der Waals surface area contributed by atoms with Gasteiger partial charge in [0, 0.05) is 27.1 Å². The van der Waals surface area contributed by atoms with Gasteiger partial charge < -0.3 is 0 Å². The van der Waals surface area contributed by atoms with Gasteiger partial charge in [-0.2, -0.15) is 0 Å². The summed E-state index contributed by atoms with van der Waals surface area (Å²) in [6.45, 7) is 0. The summed E-state index contributed by atoms with van der Waals surface area (Å²) in [5, 5.41) is 5.81. The van der Waals surface area contributed by atoms with Crippen LogP contribution in [0.25, 0.3) is 31.1 Å². The zero-order chi connectivity index (χ0) is 11.4. The smallest absolute Gasteiger partial charge is 0.116 e. The van der Waals surface area contributed by atoms with Gasteiger partial charge in [-0.3, -0.25) is 0 Å². The van der Waals surface area contributed by atoms with Gasteiger partial charge in [0.1, 0.15) is 6.33 Å². The summed E-state index contributed by atoms with van der Waals surface area (Å²) in [5.74, 6) is 0. The van der Waals surface area contributed by atoms with Crippen LogP contribution in [0.4, 0.5) is 0 Å². The first-order valence-corrected chi connectivity index (χ1v) is 7.51. The largest absolute Gasteiger partial charge is 0.244 e. The molecule has 0 atom stereocenters. The summed E-state index contributed by atoms with van der Waals surface area (Å²) in [6, 6.07) is 4.33. The number of hydrogen-bond acceptors (Lipinski definition) is 4. The molecule has 0 radical (unpaired) electrons. The molecule has 0 saturated heterocycles. The maximum Gasteiger partial charge on any atom is 0.116 e. The molecule has 0 amide bonds. The second-order valence-corrected chi connectivity index (χ2v) is 7.09. The molecule has 0 spiro atoms. The monoisotopic (exact) mass is 320 g/mol. The Bertz CT molecular complexity index is 863. The fourth-order valence-electron chi connectivity index (χ4n) is 2.14. The number of halogens is 1. The van der Waals surface area contributed by atoms with E-state index >= 15 is 0 Å². The maximum absolute atomic E-state index is 4.44. The van der Waals surface area contributed by atoms with Crippen molar-refractivity contribution in [1.29, 1.82) is 0 Å². The Labute approximate surface area is 113 Å². The summed E-state index contributed by atoms with van der Waals surface area (Å²) >= 11 is 7.07. The van der Waals surface area contributed by atoms with Crippen LogP contribution in [0.2, 0.25) is 0 Å². The van der Waals surface area contributed by atoms with Gasteiger partial charge in [-0.05, 0) is 33.4 Å². The highest BCUT2D eigenvalue weighted by atomic mass is 79.9. The maximum atomic E-state index is 4.44. The molecule has 0 unspecified atom stereocenters. The van der Waals surface area contributed by atoms with Gasteiger partial charge in [0.15, 0.2) is 0 Å². The van der Waals surface area contributed by atoms with E-state index in [9.17, 15) is 0 Å². The number of aromatic nitrogens is 2. The molecule has 4 aromatic rings. The molecule has 0 aliphatic rings. The van der Waals surface area contributed by atoms with Gasteiger partial charge in [0.25, 0.3) is 0 Å². The molecule has 0 aliphatic heterocycles. The topological polar surface area (TPSA) is 25.8 Å². The first-order chi connectivity index (χ1) is 8.34.